The van der Waals surface area contributed by atoms with Crippen molar-refractivity contribution in [3.8, 4) is 0 Å². The Bertz CT molecular complexity index is 276. The molecule has 4 nitrogen and oxygen atoms in total. The van der Waals surface area contributed by atoms with Crippen LogP contribution < -0.4 is 0 Å². The Morgan fingerprint density at radius 1 is 1.57 bits per heavy atom. The molecule has 1 saturated heterocycles. The van der Waals surface area contributed by atoms with Gasteiger partial charge in [0.15, 0.2) is 0 Å². The quantitative estimate of drug-likeness (QED) is 0.709. The van der Waals surface area contributed by atoms with Gasteiger partial charge in [0, 0.05) is 13.1 Å². The summed E-state index contributed by atoms with van der Waals surface area (Å²) in [6.45, 7) is 7.06. The third kappa shape index (κ3) is 2.46. The highest BCUT2D eigenvalue weighted by molar-refractivity contribution is 7.89. The topological polar surface area (TPSA) is 46.6 Å². The third-order valence-electron chi connectivity index (χ3n) is 2.65. The normalized spacial score (nSPS) is 27.5. The van der Waals surface area contributed by atoms with Crippen LogP contribution in [0, 0.1) is 0 Å². The fourth-order valence-corrected chi connectivity index (χ4v) is 3.16. The zero-order valence-electron chi connectivity index (χ0n) is 9.06. The number of morpholine rings is 1. The van der Waals surface area contributed by atoms with Crippen molar-refractivity contribution in [2.45, 2.75) is 38.5 Å². The second-order valence-corrected chi connectivity index (χ2v) is 6.15. The summed E-state index contributed by atoms with van der Waals surface area (Å²) in [5.74, 6) is 0. The van der Waals surface area contributed by atoms with Crippen molar-refractivity contribution in [1.82, 2.24) is 4.31 Å². The molecule has 1 aliphatic rings. The lowest BCUT2D eigenvalue weighted by Gasteiger charge is -2.32. The second-order valence-electron chi connectivity index (χ2n) is 3.80. The summed E-state index contributed by atoms with van der Waals surface area (Å²) < 4.78 is 30.7. The highest BCUT2D eigenvalue weighted by atomic mass is 32.2. The van der Waals surface area contributed by atoms with Crippen molar-refractivity contribution in [2.75, 3.05) is 19.7 Å². The van der Waals surface area contributed by atoms with E-state index in [1.807, 2.05) is 13.8 Å². The first kappa shape index (κ1) is 11.9. The number of hydrogen-bond acceptors (Lipinski definition) is 3. The molecule has 2 unspecified atom stereocenters. The van der Waals surface area contributed by atoms with Gasteiger partial charge in [-0.3, -0.25) is 0 Å². The van der Waals surface area contributed by atoms with Gasteiger partial charge in [0.05, 0.1) is 18.0 Å². The van der Waals surface area contributed by atoms with Gasteiger partial charge in [-0.2, -0.15) is 4.31 Å². The molecule has 0 aromatic heterocycles. The first-order valence-corrected chi connectivity index (χ1v) is 6.59. The summed E-state index contributed by atoms with van der Waals surface area (Å²) in [6, 6.07) is 0. The van der Waals surface area contributed by atoms with E-state index in [9.17, 15) is 8.42 Å². The molecule has 0 saturated carbocycles. The van der Waals surface area contributed by atoms with Gasteiger partial charge in [-0.15, -0.1) is 0 Å². The zero-order chi connectivity index (χ0) is 10.8. The molecule has 0 aliphatic carbocycles. The molecule has 1 rings (SSSR count). The van der Waals surface area contributed by atoms with Gasteiger partial charge >= 0.3 is 0 Å². The molecular formula is C9H19NO3S. The molecule has 0 N–H and O–H groups in total. The van der Waals surface area contributed by atoms with Crippen LogP contribution in [0.3, 0.4) is 0 Å². The molecule has 2 atom stereocenters. The maximum atomic E-state index is 11.9. The first-order chi connectivity index (χ1) is 6.48. The Balaban J connectivity index is 2.72. The summed E-state index contributed by atoms with van der Waals surface area (Å²) in [7, 11) is -3.09. The van der Waals surface area contributed by atoms with Crippen molar-refractivity contribution in [2.24, 2.45) is 0 Å². The molecule has 1 heterocycles. The monoisotopic (exact) mass is 221 g/mol. The van der Waals surface area contributed by atoms with E-state index in [1.165, 1.54) is 0 Å². The van der Waals surface area contributed by atoms with E-state index in [-0.39, 0.29) is 11.4 Å². The van der Waals surface area contributed by atoms with Crippen molar-refractivity contribution in [1.29, 1.82) is 0 Å². The number of sulfonamides is 1. The Morgan fingerprint density at radius 2 is 2.21 bits per heavy atom. The van der Waals surface area contributed by atoms with Gasteiger partial charge in [0.1, 0.15) is 0 Å². The van der Waals surface area contributed by atoms with Crippen LogP contribution in [0.5, 0.6) is 0 Å². The summed E-state index contributed by atoms with van der Waals surface area (Å²) in [5, 5.41) is -0.284. The summed E-state index contributed by atoms with van der Waals surface area (Å²) in [4.78, 5) is 0. The SMILES string of the molecule is CCC(C)S(=O)(=O)N1CCOC(C)C1. The lowest BCUT2D eigenvalue weighted by atomic mass is 10.3. The van der Waals surface area contributed by atoms with Crippen LogP contribution in [0.4, 0.5) is 0 Å². The molecular weight excluding hydrogens is 202 g/mol. The highest BCUT2D eigenvalue weighted by Crippen LogP contribution is 2.15. The molecule has 0 spiro atoms. The standard InChI is InChI=1S/C9H19NO3S/c1-4-9(3)14(11,12)10-5-6-13-8(2)7-10/h8-9H,4-7H2,1-3H3. The first-order valence-electron chi connectivity index (χ1n) is 5.09. The molecule has 0 bridgehead atoms. The minimum Gasteiger partial charge on any atom is -0.376 e. The van der Waals surface area contributed by atoms with E-state index in [1.54, 1.807) is 11.2 Å². The number of rotatable bonds is 3. The molecule has 0 aromatic rings. The molecule has 0 amide bonds. The lowest BCUT2D eigenvalue weighted by molar-refractivity contribution is 0.00990. The summed E-state index contributed by atoms with van der Waals surface area (Å²) in [6.07, 6.45) is 0.677. The van der Waals surface area contributed by atoms with E-state index in [2.05, 4.69) is 0 Å². The summed E-state index contributed by atoms with van der Waals surface area (Å²) >= 11 is 0. The van der Waals surface area contributed by atoms with E-state index in [4.69, 9.17) is 4.74 Å². The van der Waals surface area contributed by atoms with Gasteiger partial charge < -0.3 is 4.74 Å². The number of nitrogens with zero attached hydrogens (tertiary/aromatic N) is 1. The Hall–Kier alpha value is -0.130. The van der Waals surface area contributed by atoms with Gasteiger partial charge in [-0.05, 0) is 20.3 Å². The van der Waals surface area contributed by atoms with Gasteiger partial charge in [0.2, 0.25) is 10.0 Å². The highest BCUT2D eigenvalue weighted by Gasteiger charge is 2.30. The fourth-order valence-electron chi connectivity index (χ4n) is 1.48. The van der Waals surface area contributed by atoms with Crippen molar-refractivity contribution >= 4 is 10.0 Å². The van der Waals surface area contributed by atoms with Gasteiger partial charge in [0.25, 0.3) is 0 Å². The van der Waals surface area contributed by atoms with Crippen molar-refractivity contribution < 1.29 is 13.2 Å². The Morgan fingerprint density at radius 3 is 2.71 bits per heavy atom. The van der Waals surface area contributed by atoms with Crippen molar-refractivity contribution in [3.63, 3.8) is 0 Å². The maximum Gasteiger partial charge on any atom is 0.216 e. The minimum absolute atomic E-state index is 0.0163. The van der Waals surface area contributed by atoms with Gasteiger partial charge in [-0.1, -0.05) is 6.92 Å². The zero-order valence-corrected chi connectivity index (χ0v) is 9.88. The van der Waals surface area contributed by atoms with Crippen LogP contribution in [-0.4, -0.2) is 43.8 Å². The third-order valence-corrected chi connectivity index (χ3v) is 5.05. The smallest absolute Gasteiger partial charge is 0.216 e. The molecule has 0 aromatic carbocycles. The van der Waals surface area contributed by atoms with E-state index < -0.39 is 10.0 Å². The number of ether oxygens (including phenoxy) is 1. The van der Waals surface area contributed by atoms with Crippen LogP contribution in [0.25, 0.3) is 0 Å². The van der Waals surface area contributed by atoms with Crippen molar-refractivity contribution in [3.05, 3.63) is 0 Å². The minimum atomic E-state index is -3.09. The van der Waals surface area contributed by atoms with Crippen LogP contribution in [0.15, 0.2) is 0 Å². The van der Waals surface area contributed by atoms with E-state index in [0.717, 1.165) is 0 Å². The van der Waals surface area contributed by atoms with Gasteiger partial charge in [-0.25, -0.2) is 8.42 Å². The largest absolute Gasteiger partial charge is 0.376 e. The maximum absolute atomic E-state index is 11.9. The Labute approximate surface area is 86.3 Å². The lowest BCUT2D eigenvalue weighted by Crippen LogP contribution is -2.47. The Kier molecular flexibility index (Phi) is 3.92. The molecule has 0 radical (unpaired) electrons. The van der Waals surface area contributed by atoms with Crippen LogP contribution >= 0.6 is 0 Å². The van der Waals surface area contributed by atoms with Crippen LogP contribution in [0.1, 0.15) is 27.2 Å². The molecule has 1 aliphatic heterocycles. The molecule has 14 heavy (non-hydrogen) atoms. The van der Waals surface area contributed by atoms with E-state index >= 15 is 0 Å². The van der Waals surface area contributed by atoms with E-state index in [0.29, 0.717) is 26.1 Å². The average Bonchev–Trinajstić information content (AvgIpc) is 2.16. The number of hydrogen-bond donors (Lipinski definition) is 0. The second kappa shape index (κ2) is 4.59. The predicted octanol–water partition coefficient (Wildman–Crippen LogP) is 0.835. The molecule has 5 heteroatoms. The predicted molar refractivity (Wildman–Crippen MR) is 55.7 cm³/mol. The fraction of sp³-hybridized carbons (Fsp3) is 1.00. The van der Waals surface area contributed by atoms with Crippen LogP contribution in [-0.2, 0) is 14.8 Å². The summed E-state index contributed by atoms with van der Waals surface area (Å²) in [5.41, 5.74) is 0. The average molecular weight is 221 g/mol. The van der Waals surface area contributed by atoms with Crippen LogP contribution in [0.2, 0.25) is 0 Å². The molecule has 84 valence electrons. The molecule has 1 fully saturated rings.